The van der Waals surface area contributed by atoms with Crippen molar-refractivity contribution in [2.45, 2.75) is 33.2 Å². The van der Waals surface area contributed by atoms with Crippen molar-refractivity contribution in [2.75, 3.05) is 7.05 Å². The Morgan fingerprint density at radius 3 is 2.29 bits per heavy atom. The lowest BCUT2D eigenvalue weighted by Gasteiger charge is -2.20. The summed E-state index contributed by atoms with van der Waals surface area (Å²) in [6.45, 7) is 6.70. The molecule has 0 aliphatic rings. The minimum absolute atomic E-state index is 0.255. The van der Waals surface area contributed by atoms with Crippen LogP contribution in [0, 0.1) is 16.4 Å². The van der Waals surface area contributed by atoms with E-state index in [2.05, 4.69) is 91.1 Å². The standard InChI is InChI=1S/C19H24IN/c1-13(2)12-15-8-10-16(11-9-15)19(21-4)17-7-5-6-14(3)18(17)20/h5-11,13,19,21H,12H2,1-4H3. The maximum Gasteiger partial charge on any atom is 0.0584 e. The molecule has 0 aromatic heterocycles. The molecule has 1 unspecified atom stereocenters. The third-order valence-electron chi connectivity index (χ3n) is 3.78. The monoisotopic (exact) mass is 393 g/mol. The van der Waals surface area contributed by atoms with Crippen LogP contribution in [0.3, 0.4) is 0 Å². The summed E-state index contributed by atoms with van der Waals surface area (Å²) in [5.74, 6) is 0.702. The Kier molecular flexibility index (Phi) is 5.82. The maximum atomic E-state index is 3.46. The van der Waals surface area contributed by atoms with E-state index in [0.717, 1.165) is 6.42 Å². The Bertz CT molecular complexity index is 587. The molecule has 112 valence electrons. The molecular formula is C19H24IN. The van der Waals surface area contributed by atoms with Crippen LogP contribution in [-0.4, -0.2) is 7.05 Å². The molecule has 0 radical (unpaired) electrons. The van der Waals surface area contributed by atoms with Gasteiger partial charge in [0.25, 0.3) is 0 Å². The summed E-state index contributed by atoms with van der Waals surface area (Å²) < 4.78 is 1.35. The zero-order valence-electron chi connectivity index (χ0n) is 13.3. The fourth-order valence-corrected chi connectivity index (χ4v) is 3.38. The van der Waals surface area contributed by atoms with E-state index in [9.17, 15) is 0 Å². The molecule has 0 fully saturated rings. The van der Waals surface area contributed by atoms with Crippen LogP contribution < -0.4 is 5.32 Å². The number of nitrogens with one attached hydrogen (secondary N) is 1. The van der Waals surface area contributed by atoms with Crippen molar-refractivity contribution in [3.05, 3.63) is 68.3 Å². The fourth-order valence-electron chi connectivity index (χ4n) is 2.71. The second-order valence-electron chi connectivity index (χ2n) is 6.04. The molecule has 0 saturated carbocycles. The Morgan fingerprint density at radius 1 is 1.05 bits per heavy atom. The van der Waals surface area contributed by atoms with Crippen molar-refractivity contribution < 1.29 is 0 Å². The van der Waals surface area contributed by atoms with Gasteiger partial charge in [0.15, 0.2) is 0 Å². The first-order chi connectivity index (χ1) is 10.0. The average molecular weight is 393 g/mol. The zero-order chi connectivity index (χ0) is 15.4. The third kappa shape index (κ3) is 4.07. The molecule has 1 N–H and O–H groups in total. The highest BCUT2D eigenvalue weighted by molar-refractivity contribution is 14.1. The van der Waals surface area contributed by atoms with Gasteiger partial charge in [-0.2, -0.15) is 0 Å². The van der Waals surface area contributed by atoms with Crippen LogP contribution in [-0.2, 0) is 6.42 Å². The first-order valence-electron chi connectivity index (χ1n) is 7.54. The van der Waals surface area contributed by atoms with Crippen molar-refractivity contribution in [3.63, 3.8) is 0 Å². The van der Waals surface area contributed by atoms with Crippen LogP contribution in [0.4, 0.5) is 0 Å². The minimum Gasteiger partial charge on any atom is -0.309 e. The Balaban J connectivity index is 2.31. The van der Waals surface area contributed by atoms with Crippen LogP contribution in [0.25, 0.3) is 0 Å². The fraction of sp³-hybridized carbons (Fsp3) is 0.368. The molecule has 0 aliphatic heterocycles. The molecule has 2 rings (SSSR count). The van der Waals surface area contributed by atoms with Gasteiger partial charge in [0, 0.05) is 3.57 Å². The first kappa shape index (κ1) is 16.5. The summed E-state index contributed by atoms with van der Waals surface area (Å²) in [6.07, 6.45) is 1.15. The van der Waals surface area contributed by atoms with Gasteiger partial charge in [-0.05, 0) is 71.2 Å². The van der Waals surface area contributed by atoms with E-state index < -0.39 is 0 Å². The van der Waals surface area contributed by atoms with Gasteiger partial charge < -0.3 is 5.32 Å². The Morgan fingerprint density at radius 2 is 1.71 bits per heavy atom. The van der Waals surface area contributed by atoms with E-state index >= 15 is 0 Å². The molecule has 0 spiro atoms. The van der Waals surface area contributed by atoms with Crippen molar-refractivity contribution >= 4 is 22.6 Å². The Labute approximate surface area is 142 Å². The van der Waals surface area contributed by atoms with Gasteiger partial charge in [-0.1, -0.05) is 56.3 Å². The van der Waals surface area contributed by atoms with Crippen molar-refractivity contribution in [3.8, 4) is 0 Å². The van der Waals surface area contributed by atoms with Crippen molar-refractivity contribution in [1.82, 2.24) is 5.32 Å². The average Bonchev–Trinajstić information content (AvgIpc) is 2.45. The SMILES string of the molecule is CNC(c1ccc(CC(C)C)cc1)c1cccc(C)c1I. The Hall–Kier alpha value is -0.870. The summed E-state index contributed by atoms with van der Waals surface area (Å²) in [5.41, 5.74) is 5.44. The van der Waals surface area contributed by atoms with Gasteiger partial charge >= 0.3 is 0 Å². The molecule has 1 atom stereocenters. The van der Waals surface area contributed by atoms with E-state index in [4.69, 9.17) is 0 Å². The summed E-state index contributed by atoms with van der Waals surface area (Å²) in [6, 6.07) is 15.8. The van der Waals surface area contributed by atoms with Crippen molar-refractivity contribution in [1.29, 1.82) is 0 Å². The molecule has 0 aliphatic carbocycles. The van der Waals surface area contributed by atoms with Crippen molar-refractivity contribution in [2.24, 2.45) is 5.92 Å². The van der Waals surface area contributed by atoms with Gasteiger partial charge in [-0.3, -0.25) is 0 Å². The molecule has 0 heterocycles. The number of halogens is 1. The summed E-state index contributed by atoms with van der Waals surface area (Å²) in [4.78, 5) is 0. The third-order valence-corrected chi connectivity index (χ3v) is 5.25. The molecule has 2 heteroatoms. The highest BCUT2D eigenvalue weighted by atomic mass is 127. The second kappa shape index (κ2) is 7.41. The number of hydrogen-bond acceptors (Lipinski definition) is 1. The summed E-state index contributed by atoms with van der Waals surface area (Å²) >= 11 is 2.45. The molecule has 1 nitrogen and oxygen atoms in total. The van der Waals surface area contributed by atoms with Crippen LogP contribution in [0.5, 0.6) is 0 Å². The molecule has 2 aromatic carbocycles. The highest BCUT2D eigenvalue weighted by Crippen LogP contribution is 2.28. The van der Waals surface area contributed by atoms with Crippen LogP contribution in [0.15, 0.2) is 42.5 Å². The lowest BCUT2D eigenvalue weighted by molar-refractivity contribution is 0.645. The van der Waals surface area contributed by atoms with Crippen LogP contribution in [0.1, 0.15) is 42.1 Å². The zero-order valence-corrected chi connectivity index (χ0v) is 15.4. The number of benzene rings is 2. The lowest BCUT2D eigenvalue weighted by atomic mass is 9.95. The predicted octanol–water partition coefficient (Wildman–Crippen LogP) is 5.11. The maximum absolute atomic E-state index is 3.46. The molecule has 21 heavy (non-hydrogen) atoms. The van der Waals surface area contributed by atoms with Gasteiger partial charge in [0.1, 0.15) is 0 Å². The van der Waals surface area contributed by atoms with Crippen LogP contribution >= 0.6 is 22.6 Å². The van der Waals surface area contributed by atoms with E-state index in [1.54, 1.807) is 0 Å². The van der Waals surface area contributed by atoms with Gasteiger partial charge in [0.2, 0.25) is 0 Å². The quantitative estimate of drug-likeness (QED) is 0.697. The topological polar surface area (TPSA) is 12.0 Å². The molecule has 2 aromatic rings. The second-order valence-corrected chi connectivity index (χ2v) is 7.12. The largest absolute Gasteiger partial charge is 0.309 e. The molecular weight excluding hydrogens is 369 g/mol. The predicted molar refractivity (Wildman–Crippen MR) is 99.8 cm³/mol. The smallest absolute Gasteiger partial charge is 0.0584 e. The van der Waals surface area contributed by atoms with Gasteiger partial charge in [-0.15, -0.1) is 0 Å². The summed E-state index contributed by atoms with van der Waals surface area (Å²) in [5, 5.41) is 3.46. The molecule has 0 amide bonds. The van der Waals surface area contributed by atoms with E-state index in [1.165, 1.54) is 25.8 Å². The number of aryl methyl sites for hydroxylation is 1. The summed E-state index contributed by atoms with van der Waals surface area (Å²) in [7, 11) is 2.03. The minimum atomic E-state index is 0.255. The van der Waals surface area contributed by atoms with E-state index in [1.807, 2.05) is 7.05 Å². The molecule has 0 saturated heterocycles. The first-order valence-corrected chi connectivity index (χ1v) is 8.62. The van der Waals surface area contributed by atoms with Gasteiger partial charge in [-0.25, -0.2) is 0 Å². The highest BCUT2D eigenvalue weighted by Gasteiger charge is 2.15. The van der Waals surface area contributed by atoms with E-state index in [0.29, 0.717) is 5.92 Å². The van der Waals surface area contributed by atoms with E-state index in [-0.39, 0.29) is 6.04 Å². The lowest BCUT2D eigenvalue weighted by Crippen LogP contribution is -2.19. The van der Waals surface area contributed by atoms with Gasteiger partial charge in [0.05, 0.1) is 6.04 Å². The number of hydrogen-bond donors (Lipinski definition) is 1. The van der Waals surface area contributed by atoms with Crippen LogP contribution in [0.2, 0.25) is 0 Å². The number of rotatable bonds is 5. The molecule has 0 bridgehead atoms. The normalized spacial score (nSPS) is 12.7.